The smallest absolute Gasteiger partial charge is 0.272 e. The molecule has 8 nitrogen and oxygen atoms in total. The maximum absolute atomic E-state index is 13.8. The molecule has 1 aromatic heterocycles. The van der Waals surface area contributed by atoms with Gasteiger partial charge in [0, 0.05) is 23.9 Å². The lowest BCUT2D eigenvalue weighted by Gasteiger charge is -2.15. The van der Waals surface area contributed by atoms with Crippen LogP contribution in [0.1, 0.15) is 16.8 Å². The van der Waals surface area contributed by atoms with Crippen molar-refractivity contribution >= 4 is 23.1 Å². The van der Waals surface area contributed by atoms with Gasteiger partial charge in [-0.25, -0.2) is 9.07 Å². The first-order valence-corrected chi connectivity index (χ1v) is 6.58. The van der Waals surface area contributed by atoms with Crippen LogP contribution in [0.25, 0.3) is 11.5 Å². The summed E-state index contributed by atoms with van der Waals surface area (Å²) in [6, 6.07) is 3.96. The van der Waals surface area contributed by atoms with E-state index in [-0.39, 0.29) is 34.2 Å². The molecule has 23 heavy (non-hydrogen) atoms. The number of hydrogen-bond donors (Lipinski definition) is 1. The lowest BCUT2D eigenvalue weighted by Crippen LogP contribution is -2.15. The third kappa shape index (κ3) is 2.50. The lowest BCUT2D eigenvalue weighted by atomic mass is 10.1. The van der Waals surface area contributed by atoms with Crippen molar-refractivity contribution in [1.29, 1.82) is 5.26 Å². The Hall–Kier alpha value is -2.96. The highest BCUT2D eigenvalue weighted by atomic mass is 35.5. The largest absolute Gasteiger partial charge is 0.289 e. The normalized spacial score (nSPS) is 13.3. The molecule has 0 fully saturated rings. The number of nitrogens with zero attached hydrogens (tertiary/aromatic N) is 5. The van der Waals surface area contributed by atoms with Crippen molar-refractivity contribution in [2.24, 2.45) is 0 Å². The zero-order chi connectivity index (χ0) is 16.7. The molecule has 2 heterocycles. The molecule has 0 amide bonds. The first-order valence-electron chi connectivity index (χ1n) is 6.21. The van der Waals surface area contributed by atoms with Crippen molar-refractivity contribution in [3.8, 4) is 11.8 Å². The van der Waals surface area contributed by atoms with Gasteiger partial charge in [0.15, 0.2) is 5.83 Å². The van der Waals surface area contributed by atoms with Crippen LogP contribution in [0.3, 0.4) is 0 Å². The van der Waals surface area contributed by atoms with Crippen LogP contribution in [0, 0.1) is 21.4 Å². The summed E-state index contributed by atoms with van der Waals surface area (Å²) in [6.45, 7) is 0.00917. The van der Waals surface area contributed by atoms with E-state index in [0.717, 1.165) is 18.3 Å². The molecule has 1 aliphatic heterocycles. The molecule has 0 unspecified atom stereocenters. The second-order valence-electron chi connectivity index (χ2n) is 4.71. The van der Waals surface area contributed by atoms with Gasteiger partial charge in [-0.05, 0) is 0 Å². The highest BCUT2D eigenvalue weighted by Crippen LogP contribution is 2.32. The molecule has 10 heteroatoms. The van der Waals surface area contributed by atoms with Gasteiger partial charge in [-0.2, -0.15) is 10.4 Å². The predicted octanol–water partition coefficient (Wildman–Crippen LogP) is 2.78. The number of nitriles is 1. The Morgan fingerprint density at radius 2 is 2.26 bits per heavy atom. The molecular weight excluding hydrogens is 329 g/mol. The molecule has 2 aromatic rings. The van der Waals surface area contributed by atoms with Crippen LogP contribution in [-0.2, 0) is 6.54 Å². The third-order valence-electron chi connectivity index (χ3n) is 3.22. The predicted molar refractivity (Wildman–Crippen MR) is 76.4 cm³/mol. The van der Waals surface area contributed by atoms with Crippen molar-refractivity contribution in [2.75, 3.05) is 0 Å². The Morgan fingerprint density at radius 3 is 2.91 bits per heavy atom. The van der Waals surface area contributed by atoms with Gasteiger partial charge in [-0.1, -0.05) is 11.6 Å². The van der Waals surface area contributed by atoms with E-state index in [9.17, 15) is 25.0 Å². The highest BCUT2D eigenvalue weighted by Gasteiger charge is 2.24. The number of benzene rings is 1. The average molecular weight is 336 g/mol. The quantitative estimate of drug-likeness (QED) is 0.667. The van der Waals surface area contributed by atoms with Crippen molar-refractivity contribution < 1.29 is 14.5 Å². The summed E-state index contributed by atoms with van der Waals surface area (Å²) >= 11 is 6.04. The van der Waals surface area contributed by atoms with Gasteiger partial charge in [0.1, 0.15) is 17.5 Å². The van der Waals surface area contributed by atoms with Crippen LogP contribution >= 0.6 is 11.6 Å². The zero-order valence-electron chi connectivity index (χ0n) is 11.3. The van der Waals surface area contributed by atoms with Crippen LogP contribution in [-0.4, -0.2) is 25.0 Å². The van der Waals surface area contributed by atoms with E-state index < -0.39 is 10.8 Å². The van der Waals surface area contributed by atoms with Gasteiger partial charge in [-0.3, -0.25) is 20.4 Å². The number of nitro benzene ring substituents is 1. The van der Waals surface area contributed by atoms with Gasteiger partial charge in [-0.15, -0.1) is 0 Å². The molecule has 1 aromatic carbocycles. The third-order valence-corrected chi connectivity index (χ3v) is 3.51. The number of hydroxylamine groups is 2. The van der Waals surface area contributed by atoms with Crippen LogP contribution < -0.4 is 0 Å². The van der Waals surface area contributed by atoms with Crippen molar-refractivity contribution in [3.05, 3.63) is 56.5 Å². The molecule has 0 bridgehead atoms. The monoisotopic (exact) mass is 335 g/mol. The number of rotatable bonds is 2. The lowest BCUT2D eigenvalue weighted by molar-refractivity contribution is -0.384. The van der Waals surface area contributed by atoms with Gasteiger partial charge in [0.05, 0.1) is 28.3 Å². The number of nitro groups is 1. The summed E-state index contributed by atoms with van der Waals surface area (Å²) in [6.07, 6.45) is 2.28. The zero-order valence-corrected chi connectivity index (χ0v) is 12.0. The van der Waals surface area contributed by atoms with E-state index in [4.69, 9.17) is 11.6 Å². The molecule has 3 rings (SSSR count). The van der Waals surface area contributed by atoms with E-state index in [1.165, 1.54) is 10.9 Å². The molecule has 0 aliphatic carbocycles. The summed E-state index contributed by atoms with van der Waals surface area (Å²) in [5.41, 5.74) is 0.0833. The molecule has 0 radical (unpaired) electrons. The van der Waals surface area contributed by atoms with E-state index in [0.29, 0.717) is 10.6 Å². The van der Waals surface area contributed by atoms with E-state index in [2.05, 4.69) is 5.10 Å². The maximum Gasteiger partial charge on any atom is 0.272 e. The SMILES string of the molecule is N#Cc1cc([N+](=O)[O-])cc(Cl)c1-n1cc2c(n1)C(F)=CN(O)C2. The second kappa shape index (κ2) is 5.35. The van der Waals surface area contributed by atoms with Crippen LogP contribution in [0.4, 0.5) is 10.1 Å². The number of fused-ring (bicyclic) bond motifs is 1. The summed E-state index contributed by atoms with van der Waals surface area (Å²) in [5.74, 6) is -0.746. The first kappa shape index (κ1) is 15.0. The van der Waals surface area contributed by atoms with Crippen LogP contribution in [0.2, 0.25) is 5.02 Å². The van der Waals surface area contributed by atoms with Crippen molar-refractivity contribution in [2.45, 2.75) is 6.54 Å². The Kier molecular flexibility index (Phi) is 3.48. The fourth-order valence-corrected chi connectivity index (χ4v) is 2.56. The summed E-state index contributed by atoms with van der Waals surface area (Å²) < 4.78 is 15.0. The Balaban J connectivity index is 2.18. The first-order chi connectivity index (χ1) is 10.9. The van der Waals surface area contributed by atoms with Gasteiger partial charge < -0.3 is 0 Å². The Bertz CT molecular complexity index is 902. The molecule has 0 spiro atoms. The van der Waals surface area contributed by atoms with Crippen LogP contribution in [0.5, 0.6) is 0 Å². The van der Waals surface area contributed by atoms with E-state index in [1.807, 2.05) is 6.07 Å². The minimum atomic E-state index is -0.746. The van der Waals surface area contributed by atoms with Gasteiger partial charge >= 0.3 is 0 Å². The van der Waals surface area contributed by atoms with Crippen molar-refractivity contribution in [3.63, 3.8) is 0 Å². The molecule has 116 valence electrons. The number of halogens is 2. The topological polar surface area (TPSA) is 108 Å². The van der Waals surface area contributed by atoms with Gasteiger partial charge in [0.2, 0.25) is 0 Å². The maximum atomic E-state index is 13.8. The fraction of sp³-hybridized carbons (Fsp3) is 0.0769. The summed E-state index contributed by atoms with van der Waals surface area (Å²) in [5, 5.41) is 34.0. The summed E-state index contributed by atoms with van der Waals surface area (Å²) in [7, 11) is 0. The molecule has 1 aliphatic rings. The Labute approximate surface area is 133 Å². The molecule has 0 atom stereocenters. The average Bonchev–Trinajstić information content (AvgIpc) is 2.89. The number of aromatic nitrogens is 2. The highest BCUT2D eigenvalue weighted by molar-refractivity contribution is 6.32. The Morgan fingerprint density at radius 1 is 1.52 bits per heavy atom. The molecule has 0 saturated carbocycles. The number of non-ortho nitro benzene ring substituents is 1. The second-order valence-corrected chi connectivity index (χ2v) is 5.12. The molecule has 0 saturated heterocycles. The summed E-state index contributed by atoms with van der Waals surface area (Å²) in [4.78, 5) is 10.2. The van der Waals surface area contributed by atoms with E-state index >= 15 is 0 Å². The van der Waals surface area contributed by atoms with Crippen molar-refractivity contribution in [1.82, 2.24) is 14.8 Å². The minimum Gasteiger partial charge on any atom is -0.289 e. The number of hydrogen-bond acceptors (Lipinski definition) is 6. The minimum absolute atomic E-state index is 0.00797. The van der Waals surface area contributed by atoms with E-state index in [1.54, 1.807) is 0 Å². The standard InChI is InChI=1S/C13H7ClFN5O3/c14-10-2-9(20(22)23)1-7(3-16)13(10)19-5-8-4-18(21)6-11(15)12(8)17-19/h1-2,5-6,21H,4H2. The fourth-order valence-electron chi connectivity index (χ4n) is 2.26. The van der Waals surface area contributed by atoms with Gasteiger partial charge in [0.25, 0.3) is 5.69 Å². The molecule has 1 N–H and O–H groups in total. The molecular formula is C13H7ClFN5O3. The van der Waals surface area contributed by atoms with Crippen LogP contribution in [0.15, 0.2) is 24.5 Å².